The molecule has 1 atom stereocenters. The Morgan fingerprint density at radius 3 is 2.47 bits per heavy atom. The molecular weight excluding hydrogens is 240 g/mol. The van der Waals surface area contributed by atoms with Crippen LogP contribution < -0.4 is 5.32 Å². The van der Waals surface area contributed by atoms with Crippen LogP contribution in [0.4, 0.5) is 4.79 Å². The van der Waals surface area contributed by atoms with Crippen LogP contribution in [0.2, 0.25) is 0 Å². The van der Waals surface area contributed by atoms with Gasteiger partial charge in [0.1, 0.15) is 5.60 Å². The standard InChI is InChI=1S/C15H26N2O2/c1-6-12(7-2)16-13-8-10-17(11-9-13)14(18)19-15(3,4)5/h1,12-13,16H,7-11H2,2-5H3. The first-order chi connectivity index (χ1) is 8.85. The Morgan fingerprint density at radius 1 is 1.47 bits per heavy atom. The van der Waals surface area contributed by atoms with Crippen LogP contribution in [-0.2, 0) is 4.74 Å². The van der Waals surface area contributed by atoms with Gasteiger partial charge in [-0.1, -0.05) is 12.8 Å². The summed E-state index contributed by atoms with van der Waals surface area (Å²) >= 11 is 0. The van der Waals surface area contributed by atoms with Crippen LogP contribution in [0.1, 0.15) is 47.0 Å². The van der Waals surface area contributed by atoms with Crippen molar-refractivity contribution < 1.29 is 9.53 Å². The van der Waals surface area contributed by atoms with Gasteiger partial charge in [0, 0.05) is 19.1 Å². The second kappa shape index (κ2) is 6.81. The van der Waals surface area contributed by atoms with Crippen molar-refractivity contribution in [1.29, 1.82) is 0 Å². The van der Waals surface area contributed by atoms with Gasteiger partial charge in [0.25, 0.3) is 0 Å². The largest absolute Gasteiger partial charge is 0.444 e. The molecule has 0 aromatic carbocycles. The molecule has 0 bridgehead atoms. The van der Waals surface area contributed by atoms with Crippen LogP contribution in [0.5, 0.6) is 0 Å². The van der Waals surface area contributed by atoms with Gasteiger partial charge in [-0.25, -0.2) is 4.79 Å². The third-order valence-electron chi connectivity index (χ3n) is 3.19. The maximum absolute atomic E-state index is 11.9. The minimum Gasteiger partial charge on any atom is -0.444 e. The molecule has 4 nitrogen and oxygen atoms in total. The molecule has 1 rings (SSSR count). The number of carbonyl (C=O) groups is 1. The van der Waals surface area contributed by atoms with E-state index >= 15 is 0 Å². The molecule has 0 aromatic heterocycles. The number of hydrogen-bond donors (Lipinski definition) is 1. The fourth-order valence-electron chi connectivity index (χ4n) is 2.12. The number of terminal acetylenes is 1. The van der Waals surface area contributed by atoms with E-state index in [1.807, 2.05) is 20.8 Å². The molecule has 1 aliphatic rings. The molecule has 0 saturated carbocycles. The Bertz CT molecular complexity index is 333. The lowest BCUT2D eigenvalue weighted by atomic mass is 10.0. The van der Waals surface area contributed by atoms with Crippen LogP contribution in [-0.4, -0.2) is 41.8 Å². The van der Waals surface area contributed by atoms with Gasteiger partial charge in [-0.15, -0.1) is 6.42 Å². The minimum atomic E-state index is -0.428. The average molecular weight is 266 g/mol. The van der Waals surface area contributed by atoms with Gasteiger partial charge in [-0.2, -0.15) is 0 Å². The van der Waals surface area contributed by atoms with E-state index in [0.29, 0.717) is 6.04 Å². The van der Waals surface area contributed by atoms with Crippen molar-refractivity contribution in [3.63, 3.8) is 0 Å². The van der Waals surface area contributed by atoms with Crippen molar-refractivity contribution in [2.75, 3.05) is 13.1 Å². The molecule has 0 aromatic rings. The summed E-state index contributed by atoms with van der Waals surface area (Å²) in [6.45, 7) is 9.20. The fourth-order valence-corrected chi connectivity index (χ4v) is 2.12. The Balaban J connectivity index is 2.37. The Kier molecular flexibility index (Phi) is 5.68. The fraction of sp³-hybridized carbons (Fsp3) is 0.800. The topological polar surface area (TPSA) is 41.6 Å². The first kappa shape index (κ1) is 15.8. The quantitative estimate of drug-likeness (QED) is 0.797. The van der Waals surface area contributed by atoms with E-state index in [1.54, 1.807) is 4.90 Å². The third-order valence-corrected chi connectivity index (χ3v) is 3.19. The second-order valence-corrected chi connectivity index (χ2v) is 6.04. The second-order valence-electron chi connectivity index (χ2n) is 6.04. The molecule has 0 spiro atoms. The average Bonchev–Trinajstić information content (AvgIpc) is 2.34. The number of rotatable bonds is 3. The van der Waals surface area contributed by atoms with Crippen LogP contribution in [0.25, 0.3) is 0 Å². The predicted octanol–water partition coefficient (Wildman–Crippen LogP) is 2.39. The number of hydrogen-bond acceptors (Lipinski definition) is 3. The lowest BCUT2D eigenvalue weighted by Gasteiger charge is -2.34. The highest BCUT2D eigenvalue weighted by Crippen LogP contribution is 2.15. The summed E-state index contributed by atoms with van der Waals surface area (Å²) in [5.74, 6) is 2.75. The van der Waals surface area contributed by atoms with Gasteiger partial charge < -0.3 is 15.0 Å². The molecule has 1 unspecified atom stereocenters. The van der Waals surface area contributed by atoms with Crippen LogP contribution in [0.3, 0.4) is 0 Å². The highest BCUT2D eigenvalue weighted by Gasteiger charge is 2.27. The summed E-state index contributed by atoms with van der Waals surface area (Å²) in [6.07, 6.45) is 8.02. The van der Waals surface area contributed by atoms with Crippen LogP contribution in [0, 0.1) is 12.3 Å². The van der Waals surface area contributed by atoms with E-state index in [4.69, 9.17) is 11.2 Å². The van der Waals surface area contributed by atoms with Crippen molar-refractivity contribution in [2.24, 2.45) is 0 Å². The van der Waals surface area contributed by atoms with E-state index in [2.05, 4.69) is 18.2 Å². The number of nitrogens with zero attached hydrogens (tertiary/aromatic N) is 1. The minimum absolute atomic E-state index is 0.137. The van der Waals surface area contributed by atoms with Crippen LogP contribution in [0.15, 0.2) is 0 Å². The SMILES string of the molecule is C#CC(CC)NC1CCN(C(=O)OC(C)(C)C)CC1. The molecule has 19 heavy (non-hydrogen) atoms. The van der Waals surface area contributed by atoms with Crippen molar-refractivity contribution >= 4 is 6.09 Å². The predicted molar refractivity (Wildman–Crippen MR) is 76.9 cm³/mol. The molecular formula is C15H26N2O2. The summed E-state index contributed by atoms with van der Waals surface area (Å²) in [5.41, 5.74) is -0.428. The first-order valence-corrected chi connectivity index (χ1v) is 7.05. The van der Waals surface area contributed by atoms with Gasteiger partial charge in [0.2, 0.25) is 0 Å². The molecule has 1 N–H and O–H groups in total. The van der Waals surface area contributed by atoms with E-state index in [9.17, 15) is 4.79 Å². The van der Waals surface area contributed by atoms with E-state index in [-0.39, 0.29) is 12.1 Å². The van der Waals surface area contributed by atoms with Gasteiger partial charge in [0.05, 0.1) is 6.04 Å². The monoisotopic (exact) mass is 266 g/mol. The first-order valence-electron chi connectivity index (χ1n) is 7.05. The maximum Gasteiger partial charge on any atom is 0.410 e. The Labute approximate surface area is 116 Å². The molecule has 0 radical (unpaired) electrons. The van der Waals surface area contributed by atoms with Crippen LogP contribution >= 0.6 is 0 Å². The van der Waals surface area contributed by atoms with E-state index < -0.39 is 5.60 Å². The molecule has 1 saturated heterocycles. The molecule has 0 aliphatic carbocycles. The molecule has 4 heteroatoms. The van der Waals surface area contributed by atoms with Crippen molar-refractivity contribution in [3.8, 4) is 12.3 Å². The third kappa shape index (κ3) is 5.52. The molecule has 1 aliphatic heterocycles. The lowest BCUT2D eigenvalue weighted by molar-refractivity contribution is 0.0197. The zero-order chi connectivity index (χ0) is 14.5. The summed E-state index contributed by atoms with van der Waals surface area (Å²) in [4.78, 5) is 13.7. The van der Waals surface area contributed by atoms with Gasteiger partial charge in [-0.3, -0.25) is 0 Å². The number of likely N-dealkylation sites (tertiary alicyclic amines) is 1. The molecule has 108 valence electrons. The smallest absolute Gasteiger partial charge is 0.410 e. The summed E-state index contributed by atoms with van der Waals surface area (Å²) in [5, 5.41) is 3.45. The number of nitrogens with one attached hydrogen (secondary N) is 1. The van der Waals surface area contributed by atoms with Crippen molar-refractivity contribution in [1.82, 2.24) is 10.2 Å². The number of piperidine rings is 1. The highest BCUT2D eigenvalue weighted by molar-refractivity contribution is 5.68. The zero-order valence-corrected chi connectivity index (χ0v) is 12.5. The molecule has 1 amide bonds. The van der Waals surface area contributed by atoms with Gasteiger partial charge in [0.15, 0.2) is 0 Å². The van der Waals surface area contributed by atoms with Gasteiger partial charge >= 0.3 is 6.09 Å². The van der Waals surface area contributed by atoms with Crippen molar-refractivity contribution in [3.05, 3.63) is 0 Å². The van der Waals surface area contributed by atoms with E-state index in [0.717, 1.165) is 32.4 Å². The Hall–Kier alpha value is -1.21. The molecule has 1 fully saturated rings. The summed E-state index contributed by atoms with van der Waals surface area (Å²) in [6, 6.07) is 0.540. The maximum atomic E-state index is 11.9. The highest BCUT2D eigenvalue weighted by atomic mass is 16.6. The zero-order valence-electron chi connectivity index (χ0n) is 12.5. The Morgan fingerprint density at radius 2 is 2.05 bits per heavy atom. The summed E-state index contributed by atoms with van der Waals surface area (Å²) in [7, 11) is 0. The molecule has 1 heterocycles. The van der Waals surface area contributed by atoms with Crippen molar-refractivity contribution in [2.45, 2.75) is 64.6 Å². The van der Waals surface area contributed by atoms with Gasteiger partial charge in [-0.05, 0) is 40.0 Å². The number of carbonyl (C=O) groups excluding carboxylic acids is 1. The summed E-state index contributed by atoms with van der Waals surface area (Å²) < 4.78 is 5.37. The van der Waals surface area contributed by atoms with E-state index in [1.165, 1.54) is 0 Å². The normalized spacial score (nSPS) is 18.8. The number of amides is 1. The lowest BCUT2D eigenvalue weighted by Crippen LogP contribution is -2.48. The number of ether oxygens (including phenoxy) is 1.